The summed E-state index contributed by atoms with van der Waals surface area (Å²) in [5.41, 5.74) is 4.55. The SMILES string of the molecule is O=CNNc1cccnc1[N+](=O)[O-]. The molecule has 0 saturated carbocycles. The van der Waals surface area contributed by atoms with E-state index in [9.17, 15) is 14.9 Å². The Bertz CT molecular complexity index is 327. The number of nitrogens with zero attached hydrogens (tertiary/aromatic N) is 2. The molecule has 68 valence electrons. The second-order valence-electron chi connectivity index (χ2n) is 2.02. The number of hydrazine groups is 1. The van der Waals surface area contributed by atoms with Crippen LogP contribution in [0.25, 0.3) is 0 Å². The van der Waals surface area contributed by atoms with Gasteiger partial charge in [0.1, 0.15) is 6.20 Å². The molecule has 7 nitrogen and oxygen atoms in total. The maximum atomic E-state index is 10.4. The van der Waals surface area contributed by atoms with Gasteiger partial charge in [-0.3, -0.25) is 15.6 Å². The molecule has 0 aliphatic heterocycles. The number of nitro groups is 1. The second kappa shape index (κ2) is 4.00. The van der Waals surface area contributed by atoms with Gasteiger partial charge in [-0.1, -0.05) is 0 Å². The molecule has 0 radical (unpaired) electrons. The maximum Gasteiger partial charge on any atom is 0.388 e. The van der Waals surface area contributed by atoms with Gasteiger partial charge in [0, 0.05) is 0 Å². The zero-order chi connectivity index (χ0) is 9.68. The Kier molecular flexibility index (Phi) is 2.74. The van der Waals surface area contributed by atoms with Crippen molar-refractivity contribution in [3.8, 4) is 0 Å². The van der Waals surface area contributed by atoms with Gasteiger partial charge < -0.3 is 10.1 Å². The van der Waals surface area contributed by atoms with Crippen LogP contribution in [0, 0.1) is 10.1 Å². The van der Waals surface area contributed by atoms with Crippen LogP contribution < -0.4 is 10.9 Å². The van der Waals surface area contributed by atoms with Crippen LogP contribution in [-0.2, 0) is 4.79 Å². The average Bonchev–Trinajstić information content (AvgIpc) is 2.15. The van der Waals surface area contributed by atoms with E-state index >= 15 is 0 Å². The lowest BCUT2D eigenvalue weighted by Crippen LogP contribution is -2.19. The minimum atomic E-state index is -0.644. The van der Waals surface area contributed by atoms with Gasteiger partial charge in [-0.15, -0.1) is 0 Å². The fourth-order valence-corrected chi connectivity index (χ4v) is 0.747. The smallest absolute Gasteiger partial charge is 0.358 e. The van der Waals surface area contributed by atoms with Crippen LogP contribution in [-0.4, -0.2) is 16.3 Å². The summed E-state index contributed by atoms with van der Waals surface area (Å²) in [7, 11) is 0. The van der Waals surface area contributed by atoms with Crippen molar-refractivity contribution in [2.24, 2.45) is 0 Å². The molecule has 1 rings (SSSR count). The first kappa shape index (κ1) is 8.91. The highest BCUT2D eigenvalue weighted by Gasteiger charge is 2.12. The predicted octanol–water partition coefficient (Wildman–Crippen LogP) is 0.0627. The molecule has 0 aromatic carbocycles. The highest BCUT2D eigenvalue weighted by molar-refractivity contribution is 5.59. The van der Waals surface area contributed by atoms with Crippen LogP contribution in [0.5, 0.6) is 0 Å². The fourth-order valence-electron chi connectivity index (χ4n) is 0.747. The van der Waals surface area contributed by atoms with Crippen molar-refractivity contribution in [1.82, 2.24) is 10.4 Å². The Morgan fingerprint density at radius 1 is 1.62 bits per heavy atom. The van der Waals surface area contributed by atoms with E-state index in [0.717, 1.165) is 0 Å². The summed E-state index contributed by atoms with van der Waals surface area (Å²) in [6.07, 6.45) is 1.67. The minimum absolute atomic E-state index is 0.139. The first-order valence-electron chi connectivity index (χ1n) is 3.30. The molecule has 2 N–H and O–H groups in total. The maximum absolute atomic E-state index is 10.4. The fraction of sp³-hybridized carbons (Fsp3) is 0. The van der Waals surface area contributed by atoms with E-state index in [2.05, 4.69) is 15.8 Å². The van der Waals surface area contributed by atoms with Gasteiger partial charge in [0.25, 0.3) is 0 Å². The molecular formula is C6H6N4O3. The number of nitrogens with one attached hydrogen (secondary N) is 2. The van der Waals surface area contributed by atoms with E-state index in [4.69, 9.17) is 0 Å². The summed E-state index contributed by atoms with van der Waals surface area (Å²) in [6.45, 7) is 0. The molecular weight excluding hydrogens is 176 g/mol. The highest BCUT2D eigenvalue weighted by atomic mass is 16.6. The second-order valence-corrected chi connectivity index (χ2v) is 2.02. The third-order valence-electron chi connectivity index (χ3n) is 1.23. The summed E-state index contributed by atoms with van der Waals surface area (Å²) >= 11 is 0. The molecule has 7 heteroatoms. The summed E-state index contributed by atoms with van der Waals surface area (Å²) in [5.74, 6) is -0.336. The number of amides is 1. The molecule has 0 aliphatic carbocycles. The summed E-state index contributed by atoms with van der Waals surface area (Å²) in [4.78, 5) is 23.1. The number of carbonyl (C=O) groups is 1. The van der Waals surface area contributed by atoms with Gasteiger partial charge in [0.05, 0.1) is 0 Å². The predicted molar refractivity (Wildman–Crippen MR) is 43.7 cm³/mol. The van der Waals surface area contributed by atoms with E-state index in [1.54, 1.807) is 0 Å². The van der Waals surface area contributed by atoms with Gasteiger partial charge in [-0.25, -0.2) is 0 Å². The Morgan fingerprint density at radius 2 is 2.38 bits per heavy atom. The Hall–Kier alpha value is -2.18. The molecule has 1 amide bonds. The van der Waals surface area contributed by atoms with Crippen molar-refractivity contribution >= 4 is 17.9 Å². The van der Waals surface area contributed by atoms with Crippen molar-refractivity contribution in [1.29, 1.82) is 0 Å². The monoisotopic (exact) mass is 182 g/mol. The van der Waals surface area contributed by atoms with Crippen molar-refractivity contribution in [2.45, 2.75) is 0 Å². The zero-order valence-electron chi connectivity index (χ0n) is 6.43. The van der Waals surface area contributed by atoms with Crippen LogP contribution in [0.1, 0.15) is 0 Å². The van der Waals surface area contributed by atoms with Crippen molar-refractivity contribution in [3.63, 3.8) is 0 Å². The van der Waals surface area contributed by atoms with Gasteiger partial charge in [-0.05, 0) is 22.0 Å². The third-order valence-corrected chi connectivity index (χ3v) is 1.23. The first-order chi connectivity index (χ1) is 6.25. The molecule has 13 heavy (non-hydrogen) atoms. The topological polar surface area (TPSA) is 97.2 Å². The number of hydrogen-bond donors (Lipinski definition) is 2. The average molecular weight is 182 g/mol. The van der Waals surface area contributed by atoms with Gasteiger partial charge in [0.2, 0.25) is 6.41 Å². The van der Waals surface area contributed by atoms with Crippen LogP contribution in [0.15, 0.2) is 18.3 Å². The van der Waals surface area contributed by atoms with Crippen molar-refractivity contribution in [3.05, 3.63) is 28.4 Å². The minimum Gasteiger partial charge on any atom is -0.358 e. The molecule has 0 saturated heterocycles. The van der Waals surface area contributed by atoms with Crippen LogP contribution in [0.3, 0.4) is 0 Å². The molecule has 0 atom stereocenters. The van der Waals surface area contributed by atoms with E-state index in [-0.39, 0.29) is 11.5 Å². The summed E-state index contributed by atoms with van der Waals surface area (Å²) < 4.78 is 0. The molecule has 0 aliphatic rings. The van der Waals surface area contributed by atoms with Crippen molar-refractivity contribution < 1.29 is 9.72 Å². The highest BCUT2D eigenvalue weighted by Crippen LogP contribution is 2.18. The Morgan fingerprint density at radius 3 is 3.00 bits per heavy atom. The van der Waals surface area contributed by atoms with E-state index < -0.39 is 4.92 Å². The van der Waals surface area contributed by atoms with Crippen LogP contribution in [0.4, 0.5) is 11.5 Å². The zero-order valence-corrected chi connectivity index (χ0v) is 6.43. The molecule has 0 unspecified atom stereocenters. The summed E-state index contributed by atoms with van der Waals surface area (Å²) in [5, 5.41) is 10.4. The van der Waals surface area contributed by atoms with Crippen molar-refractivity contribution in [2.75, 3.05) is 5.43 Å². The van der Waals surface area contributed by atoms with Gasteiger partial charge in [0.15, 0.2) is 5.69 Å². The van der Waals surface area contributed by atoms with Crippen LogP contribution in [0.2, 0.25) is 0 Å². The molecule has 1 aromatic heterocycles. The Labute approximate surface area is 72.9 Å². The first-order valence-corrected chi connectivity index (χ1v) is 3.30. The lowest BCUT2D eigenvalue weighted by Gasteiger charge is -2.02. The van der Waals surface area contributed by atoms with Gasteiger partial charge >= 0.3 is 5.82 Å². The number of aromatic nitrogens is 1. The van der Waals surface area contributed by atoms with Gasteiger partial charge in [-0.2, -0.15) is 0 Å². The molecule has 1 aromatic rings. The number of carbonyl (C=O) groups excluding carboxylic acids is 1. The molecule has 1 heterocycles. The normalized spacial score (nSPS) is 8.92. The number of anilines is 1. The Balaban J connectivity index is 2.90. The molecule has 0 fully saturated rings. The number of pyridine rings is 1. The lowest BCUT2D eigenvalue weighted by molar-refractivity contribution is -0.388. The third kappa shape index (κ3) is 2.12. The largest absolute Gasteiger partial charge is 0.388 e. The lowest BCUT2D eigenvalue weighted by atomic mass is 10.4. The number of hydrogen-bond acceptors (Lipinski definition) is 5. The number of rotatable bonds is 4. The molecule has 0 bridgehead atoms. The van der Waals surface area contributed by atoms with E-state index in [0.29, 0.717) is 6.41 Å². The van der Waals surface area contributed by atoms with Crippen LogP contribution >= 0.6 is 0 Å². The quantitative estimate of drug-likeness (QED) is 0.390. The summed E-state index contributed by atoms with van der Waals surface area (Å²) in [6, 6.07) is 2.95. The van der Waals surface area contributed by atoms with E-state index in [1.165, 1.54) is 18.3 Å². The molecule has 0 spiro atoms. The standard InChI is InChI=1S/C6H6N4O3/c11-4-8-9-5-2-1-3-7-6(5)10(12)13/h1-4,9H,(H,8,11). The van der Waals surface area contributed by atoms with E-state index in [1.807, 2.05) is 0 Å².